The van der Waals surface area contributed by atoms with E-state index in [-0.39, 0.29) is 0 Å². The number of nitrogens with one attached hydrogen (secondary N) is 1. The third-order valence-corrected chi connectivity index (χ3v) is 2.13. The van der Waals surface area contributed by atoms with E-state index in [1.54, 1.807) is 0 Å². The summed E-state index contributed by atoms with van der Waals surface area (Å²) < 4.78 is 0. The van der Waals surface area contributed by atoms with Crippen LogP contribution in [0.3, 0.4) is 0 Å². The standard InChI is InChI=1S/C7H16BrN/c1-4-9-7(5-8)6(2)3/h6-7,9H,4-5H2,1-3H3. The Bertz CT molecular complexity index is 63.9. The Kier molecular flexibility index (Phi) is 5.50. The van der Waals surface area contributed by atoms with Crippen molar-refractivity contribution in [2.75, 3.05) is 11.9 Å². The molecule has 1 N–H and O–H groups in total. The van der Waals surface area contributed by atoms with Gasteiger partial charge in [0.2, 0.25) is 0 Å². The van der Waals surface area contributed by atoms with Crippen LogP contribution in [0.15, 0.2) is 0 Å². The maximum Gasteiger partial charge on any atom is 0.0188 e. The van der Waals surface area contributed by atoms with Gasteiger partial charge in [-0.15, -0.1) is 0 Å². The van der Waals surface area contributed by atoms with Crippen molar-refractivity contribution >= 4 is 15.9 Å². The van der Waals surface area contributed by atoms with Crippen molar-refractivity contribution in [3.8, 4) is 0 Å². The van der Waals surface area contributed by atoms with Gasteiger partial charge >= 0.3 is 0 Å². The van der Waals surface area contributed by atoms with Crippen LogP contribution in [0.5, 0.6) is 0 Å². The van der Waals surface area contributed by atoms with Crippen molar-refractivity contribution in [2.24, 2.45) is 5.92 Å². The number of halogens is 1. The van der Waals surface area contributed by atoms with Gasteiger partial charge in [0.15, 0.2) is 0 Å². The molecule has 1 nitrogen and oxygen atoms in total. The van der Waals surface area contributed by atoms with Gasteiger partial charge in [-0.1, -0.05) is 36.7 Å². The van der Waals surface area contributed by atoms with Gasteiger partial charge in [0, 0.05) is 11.4 Å². The summed E-state index contributed by atoms with van der Waals surface area (Å²) >= 11 is 3.45. The van der Waals surface area contributed by atoms with E-state index in [0.717, 1.165) is 17.8 Å². The Balaban J connectivity index is 3.41. The van der Waals surface area contributed by atoms with Crippen molar-refractivity contribution in [3.63, 3.8) is 0 Å². The van der Waals surface area contributed by atoms with E-state index in [1.165, 1.54) is 0 Å². The minimum atomic E-state index is 0.634. The quantitative estimate of drug-likeness (QED) is 0.675. The molecule has 0 saturated carbocycles. The van der Waals surface area contributed by atoms with Crippen LogP contribution in [-0.2, 0) is 0 Å². The maximum absolute atomic E-state index is 3.45. The molecule has 0 radical (unpaired) electrons. The summed E-state index contributed by atoms with van der Waals surface area (Å²) in [6, 6.07) is 0.634. The van der Waals surface area contributed by atoms with Crippen molar-refractivity contribution in [2.45, 2.75) is 26.8 Å². The highest BCUT2D eigenvalue weighted by Gasteiger charge is 2.08. The Labute approximate surface area is 66.3 Å². The number of rotatable bonds is 4. The molecule has 0 aromatic heterocycles. The van der Waals surface area contributed by atoms with Crippen molar-refractivity contribution in [1.29, 1.82) is 0 Å². The SMILES string of the molecule is CCNC(CBr)C(C)C. The summed E-state index contributed by atoms with van der Waals surface area (Å²) in [5, 5.41) is 4.44. The molecule has 0 aromatic carbocycles. The van der Waals surface area contributed by atoms with E-state index in [2.05, 4.69) is 42.0 Å². The summed E-state index contributed by atoms with van der Waals surface area (Å²) in [7, 11) is 0. The first kappa shape index (κ1) is 9.44. The molecule has 0 aliphatic carbocycles. The highest BCUT2D eigenvalue weighted by atomic mass is 79.9. The van der Waals surface area contributed by atoms with Crippen LogP contribution in [0.4, 0.5) is 0 Å². The fourth-order valence-corrected chi connectivity index (χ4v) is 1.71. The molecule has 0 heterocycles. The van der Waals surface area contributed by atoms with E-state index >= 15 is 0 Å². The Hall–Kier alpha value is 0.440. The molecule has 0 fully saturated rings. The van der Waals surface area contributed by atoms with E-state index in [4.69, 9.17) is 0 Å². The Morgan fingerprint density at radius 1 is 1.44 bits per heavy atom. The molecule has 0 amide bonds. The second-order valence-electron chi connectivity index (χ2n) is 2.56. The third kappa shape index (κ3) is 3.93. The highest BCUT2D eigenvalue weighted by Crippen LogP contribution is 2.03. The van der Waals surface area contributed by atoms with Crippen LogP contribution in [0, 0.1) is 5.92 Å². The van der Waals surface area contributed by atoms with Gasteiger partial charge in [-0.05, 0) is 12.5 Å². The van der Waals surface area contributed by atoms with Gasteiger partial charge in [-0.2, -0.15) is 0 Å². The van der Waals surface area contributed by atoms with Gasteiger partial charge in [0.1, 0.15) is 0 Å². The average Bonchev–Trinajstić information content (AvgIpc) is 1.82. The predicted molar refractivity (Wildman–Crippen MR) is 46.1 cm³/mol. The molecule has 0 saturated heterocycles. The smallest absolute Gasteiger partial charge is 0.0188 e. The Morgan fingerprint density at radius 2 is 2.00 bits per heavy atom. The average molecular weight is 194 g/mol. The highest BCUT2D eigenvalue weighted by molar-refractivity contribution is 9.09. The van der Waals surface area contributed by atoms with Crippen LogP contribution in [0.25, 0.3) is 0 Å². The summed E-state index contributed by atoms with van der Waals surface area (Å²) in [5.41, 5.74) is 0. The fraction of sp³-hybridized carbons (Fsp3) is 1.00. The molecular weight excluding hydrogens is 178 g/mol. The first-order chi connectivity index (χ1) is 4.22. The van der Waals surface area contributed by atoms with Crippen molar-refractivity contribution in [1.82, 2.24) is 5.32 Å². The molecule has 0 aromatic rings. The largest absolute Gasteiger partial charge is 0.313 e. The molecular formula is C7H16BrN. The molecule has 1 unspecified atom stereocenters. The maximum atomic E-state index is 3.45. The molecule has 2 heteroatoms. The predicted octanol–water partition coefficient (Wildman–Crippen LogP) is 2.02. The zero-order valence-corrected chi connectivity index (χ0v) is 8.03. The molecule has 0 bridgehead atoms. The number of alkyl halides is 1. The van der Waals surface area contributed by atoms with E-state index in [9.17, 15) is 0 Å². The fourth-order valence-electron chi connectivity index (χ4n) is 0.731. The zero-order valence-electron chi connectivity index (χ0n) is 6.45. The van der Waals surface area contributed by atoms with Gasteiger partial charge < -0.3 is 5.32 Å². The lowest BCUT2D eigenvalue weighted by Crippen LogP contribution is -2.34. The first-order valence-electron chi connectivity index (χ1n) is 3.51. The third-order valence-electron chi connectivity index (χ3n) is 1.44. The summed E-state index contributed by atoms with van der Waals surface area (Å²) in [6.07, 6.45) is 0. The van der Waals surface area contributed by atoms with Gasteiger partial charge in [0.25, 0.3) is 0 Å². The molecule has 0 aliphatic rings. The monoisotopic (exact) mass is 193 g/mol. The minimum absolute atomic E-state index is 0.634. The second kappa shape index (κ2) is 5.24. The summed E-state index contributed by atoms with van der Waals surface area (Å²) in [5.74, 6) is 0.726. The summed E-state index contributed by atoms with van der Waals surface area (Å²) in [4.78, 5) is 0. The van der Waals surface area contributed by atoms with Crippen LogP contribution < -0.4 is 5.32 Å². The van der Waals surface area contributed by atoms with Crippen molar-refractivity contribution < 1.29 is 0 Å². The lowest BCUT2D eigenvalue weighted by Gasteiger charge is -2.18. The van der Waals surface area contributed by atoms with Gasteiger partial charge in [0.05, 0.1) is 0 Å². The van der Waals surface area contributed by atoms with E-state index in [0.29, 0.717) is 6.04 Å². The molecule has 56 valence electrons. The topological polar surface area (TPSA) is 12.0 Å². The van der Waals surface area contributed by atoms with Crippen molar-refractivity contribution in [3.05, 3.63) is 0 Å². The minimum Gasteiger partial charge on any atom is -0.313 e. The molecule has 9 heavy (non-hydrogen) atoms. The molecule has 0 rings (SSSR count). The van der Waals surface area contributed by atoms with Crippen LogP contribution in [0.2, 0.25) is 0 Å². The summed E-state index contributed by atoms with van der Waals surface area (Å²) in [6.45, 7) is 7.66. The molecule has 0 spiro atoms. The molecule has 0 aliphatic heterocycles. The van der Waals surface area contributed by atoms with E-state index < -0.39 is 0 Å². The van der Waals surface area contributed by atoms with E-state index in [1.807, 2.05) is 0 Å². The lowest BCUT2D eigenvalue weighted by atomic mass is 10.1. The van der Waals surface area contributed by atoms with Crippen LogP contribution in [-0.4, -0.2) is 17.9 Å². The Morgan fingerprint density at radius 3 is 2.11 bits per heavy atom. The number of hydrogen-bond acceptors (Lipinski definition) is 1. The second-order valence-corrected chi connectivity index (χ2v) is 3.21. The van der Waals surface area contributed by atoms with Gasteiger partial charge in [-0.25, -0.2) is 0 Å². The molecule has 1 atom stereocenters. The van der Waals surface area contributed by atoms with Crippen LogP contribution in [0.1, 0.15) is 20.8 Å². The van der Waals surface area contributed by atoms with Crippen LogP contribution >= 0.6 is 15.9 Å². The number of hydrogen-bond donors (Lipinski definition) is 1. The van der Waals surface area contributed by atoms with Gasteiger partial charge in [-0.3, -0.25) is 0 Å². The first-order valence-corrected chi connectivity index (χ1v) is 4.63. The zero-order chi connectivity index (χ0) is 7.28. The normalized spacial score (nSPS) is 14.3. The lowest BCUT2D eigenvalue weighted by molar-refractivity contribution is 0.445.